The van der Waals surface area contributed by atoms with Gasteiger partial charge in [0.05, 0.1) is 26.2 Å². The summed E-state index contributed by atoms with van der Waals surface area (Å²) in [6.07, 6.45) is 0.501. The molecule has 0 amide bonds. The van der Waals surface area contributed by atoms with Gasteiger partial charge < -0.3 is 9.47 Å². The van der Waals surface area contributed by atoms with Crippen LogP contribution in [0.5, 0.6) is 0 Å². The molecule has 0 N–H and O–H groups in total. The molecule has 1 heterocycles. The molecular weight excluding hydrogens is 271 g/mol. The van der Waals surface area contributed by atoms with Crippen molar-refractivity contribution < 1.29 is 14.3 Å². The van der Waals surface area contributed by atoms with Crippen molar-refractivity contribution in [1.82, 2.24) is 0 Å². The van der Waals surface area contributed by atoms with E-state index in [9.17, 15) is 4.79 Å². The van der Waals surface area contributed by atoms with Gasteiger partial charge in [0.2, 0.25) is 0 Å². The molecule has 2 atom stereocenters. The highest BCUT2D eigenvalue weighted by molar-refractivity contribution is 14.1. The summed E-state index contributed by atoms with van der Waals surface area (Å²) in [5, 5.41) is 0. The van der Waals surface area contributed by atoms with E-state index in [1.807, 2.05) is 6.92 Å². The Morgan fingerprint density at radius 2 is 2.42 bits per heavy atom. The van der Waals surface area contributed by atoms with Crippen LogP contribution >= 0.6 is 22.6 Å². The Hall–Kier alpha value is 0.160. The quantitative estimate of drug-likeness (QED) is 0.446. The van der Waals surface area contributed by atoms with Gasteiger partial charge in [0, 0.05) is 9.84 Å². The number of hydrogen-bond donors (Lipinski definition) is 0. The van der Waals surface area contributed by atoms with Gasteiger partial charge in [-0.1, -0.05) is 22.6 Å². The molecule has 1 saturated heterocycles. The van der Waals surface area contributed by atoms with Gasteiger partial charge in [-0.3, -0.25) is 4.79 Å². The van der Waals surface area contributed by atoms with E-state index in [0.29, 0.717) is 29.5 Å². The highest BCUT2D eigenvalue weighted by Gasteiger charge is 2.28. The molecule has 1 aliphatic rings. The Balaban J connectivity index is 2.25. The van der Waals surface area contributed by atoms with Gasteiger partial charge in [0.25, 0.3) is 0 Å². The summed E-state index contributed by atoms with van der Waals surface area (Å²) in [5.74, 6) is 0.249. The van der Waals surface area contributed by atoms with E-state index in [1.54, 1.807) is 0 Å². The summed E-state index contributed by atoms with van der Waals surface area (Å²) in [4.78, 5) is 11.1. The van der Waals surface area contributed by atoms with E-state index < -0.39 is 0 Å². The van der Waals surface area contributed by atoms with Crippen LogP contribution < -0.4 is 0 Å². The van der Waals surface area contributed by atoms with Crippen LogP contribution in [0, 0.1) is 5.92 Å². The number of halogens is 1. The molecule has 0 aromatic rings. The molecule has 3 nitrogen and oxygen atoms in total. The van der Waals surface area contributed by atoms with Crippen LogP contribution in [-0.2, 0) is 14.3 Å². The number of carbonyl (C=O) groups is 1. The summed E-state index contributed by atoms with van der Waals surface area (Å²) in [6.45, 7) is 3.76. The SMILES string of the molecule is CCOC(=O)C[C@@H]1COC[C@@H]1I. The minimum Gasteiger partial charge on any atom is -0.466 e. The first-order chi connectivity index (χ1) is 5.74. The minimum absolute atomic E-state index is 0.102. The third kappa shape index (κ3) is 2.90. The predicted molar refractivity (Wildman–Crippen MR) is 53.4 cm³/mol. The molecule has 4 heteroatoms. The van der Waals surface area contributed by atoms with E-state index in [2.05, 4.69) is 22.6 Å². The van der Waals surface area contributed by atoms with Crippen molar-refractivity contribution in [2.24, 2.45) is 5.92 Å². The van der Waals surface area contributed by atoms with Crippen molar-refractivity contribution in [3.8, 4) is 0 Å². The maximum atomic E-state index is 11.1. The number of carbonyl (C=O) groups excluding carboxylic acids is 1. The zero-order valence-corrected chi connectivity index (χ0v) is 9.24. The van der Waals surface area contributed by atoms with Crippen molar-refractivity contribution in [1.29, 1.82) is 0 Å². The molecule has 1 aliphatic heterocycles. The van der Waals surface area contributed by atoms with Crippen LogP contribution in [-0.4, -0.2) is 29.7 Å². The number of ether oxygens (including phenoxy) is 2. The fourth-order valence-corrected chi connectivity index (χ4v) is 1.91. The fourth-order valence-electron chi connectivity index (χ4n) is 1.19. The number of rotatable bonds is 3. The van der Waals surface area contributed by atoms with Gasteiger partial charge in [-0.2, -0.15) is 0 Å². The number of esters is 1. The first-order valence-electron chi connectivity index (χ1n) is 4.11. The monoisotopic (exact) mass is 284 g/mol. The Kier molecular flexibility index (Phi) is 4.28. The zero-order valence-electron chi connectivity index (χ0n) is 7.09. The molecule has 0 saturated carbocycles. The minimum atomic E-state index is -0.102. The Labute approximate surface area is 85.9 Å². The molecule has 0 aromatic carbocycles. The van der Waals surface area contributed by atoms with E-state index in [0.717, 1.165) is 6.61 Å². The highest BCUT2D eigenvalue weighted by Crippen LogP contribution is 2.24. The standard InChI is InChI=1S/C8H13IO3/c1-2-12-8(10)3-6-4-11-5-7(6)9/h6-7H,2-5H2,1H3/t6-,7+/m1/s1. The molecule has 70 valence electrons. The number of hydrogen-bond acceptors (Lipinski definition) is 3. The molecule has 0 bridgehead atoms. The second-order valence-corrected chi connectivity index (χ2v) is 4.42. The van der Waals surface area contributed by atoms with E-state index in [1.165, 1.54) is 0 Å². The number of alkyl halides is 1. The van der Waals surface area contributed by atoms with Crippen LogP contribution in [0.1, 0.15) is 13.3 Å². The lowest BCUT2D eigenvalue weighted by atomic mass is 10.1. The molecule has 0 unspecified atom stereocenters. The maximum absolute atomic E-state index is 11.1. The predicted octanol–water partition coefficient (Wildman–Crippen LogP) is 1.39. The highest BCUT2D eigenvalue weighted by atomic mass is 127. The van der Waals surface area contributed by atoms with Crippen molar-refractivity contribution >= 4 is 28.6 Å². The molecular formula is C8H13IO3. The molecule has 0 spiro atoms. The van der Waals surface area contributed by atoms with Gasteiger partial charge in [-0.15, -0.1) is 0 Å². The summed E-state index contributed by atoms with van der Waals surface area (Å²) in [6, 6.07) is 0. The van der Waals surface area contributed by atoms with Crippen LogP contribution in [0.4, 0.5) is 0 Å². The van der Waals surface area contributed by atoms with Crippen LogP contribution in [0.15, 0.2) is 0 Å². The summed E-state index contributed by atoms with van der Waals surface area (Å²) in [5.41, 5.74) is 0. The summed E-state index contributed by atoms with van der Waals surface area (Å²) >= 11 is 2.32. The van der Waals surface area contributed by atoms with Gasteiger partial charge in [0.1, 0.15) is 0 Å². The first-order valence-corrected chi connectivity index (χ1v) is 5.36. The average molecular weight is 284 g/mol. The van der Waals surface area contributed by atoms with Crippen LogP contribution in [0.25, 0.3) is 0 Å². The lowest BCUT2D eigenvalue weighted by Gasteiger charge is -2.09. The van der Waals surface area contributed by atoms with Crippen molar-refractivity contribution in [3.63, 3.8) is 0 Å². The van der Waals surface area contributed by atoms with Crippen LogP contribution in [0.3, 0.4) is 0 Å². The van der Waals surface area contributed by atoms with Gasteiger partial charge in [-0.05, 0) is 6.92 Å². The van der Waals surface area contributed by atoms with Gasteiger partial charge in [-0.25, -0.2) is 0 Å². The topological polar surface area (TPSA) is 35.5 Å². The smallest absolute Gasteiger partial charge is 0.306 e. The molecule has 12 heavy (non-hydrogen) atoms. The van der Waals surface area contributed by atoms with E-state index in [-0.39, 0.29) is 5.97 Å². The molecule has 1 fully saturated rings. The van der Waals surface area contributed by atoms with Gasteiger partial charge >= 0.3 is 5.97 Å². The lowest BCUT2D eigenvalue weighted by Crippen LogP contribution is -2.17. The Morgan fingerprint density at radius 3 is 2.92 bits per heavy atom. The second kappa shape index (κ2) is 5.01. The zero-order chi connectivity index (χ0) is 8.97. The molecule has 1 rings (SSSR count). The second-order valence-electron chi connectivity index (χ2n) is 2.82. The van der Waals surface area contributed by atoms with Crippen LogP contribution in [0.2, 0.25) is 0 Å². The van der Waals surface area contributed by atoms with E-state index >= 15 is 0 Å². The largest absolute Gasteiger partial charge is 0.466 e. The molecule has 0 aromatic heterocycles. The third-order valence-corrected chi connectivity index (χ3v) is 3.23. The van der Waals surface area contributed by atoms with Crippen molar-refractivity contribution in [2.75, 3.05) is 19.8 Å². The molecule has 0 aliphatic carbocycles. The summed E-state index contributed by atoms with van der Waals surface area (Å²) < 4.78 is 10.6. The summed E-state index contributed by atoms with van der Waals surface area (Å²) in [7, 11) is 0. The Bertz CT molecular complexity index is 160. The first kappa shape index (κ1) is 10.2. The average Bonchev–Trinajstić information content (AvgIpc) is 2.37. The normalized spacial score (nSPS) is 28.8. The fraction of sp³-hybridized carbons (Fsp3) is 0.875. The third-order valence-electron chi connectivity index (χ3n) is 1.85. The molecule has 0 radical (unpaired) electrons. The van der Waals surface area contributed by atoms with Gasteiger partial charge in [0.15, 0.2) is 0 Å². The maximum Gasteiger partial charge on any atom is 0.306 e. The Morgan fingerprint density at radius 1 is 1.67 bits per heavy atom. The van der Waals surface area contributed by atoms with Crippen molar-refractivity contribution in [3.05, 3.63) is 0 Å². The van der Waals surface area contributed by atoms with Crippen molar-refractivity contribution in [2.45, 2.75) is 17.3 Å². The van der Waals surface area contributed by atoms with E-state index in [4.69, 9.17) is 9.47 Å². The lowest BCUT2D eigenvalue weighted by molar-refractivity contribution is -0.144.